The lowest BCUT2D eigenvalue weighted by Crippen LogP contribution is -2.25. The second-order valence-corrected chi connectivity index (χ2v) is 4.26. The number of amides is 1. The van der Waals surface area contributed by atoms with Crippen LogP contribution in [0.3, 0.4) is 0 Å². The standard InChI is InChI=1S/C15H18N2O/c1-2-12-5-7-13(8-6-12)9-11-17-15(18)14-4-3-10-16-14/h3-8,10,16H,2,9,11H2,1H3,(H,17,18). The Kier molecular flexibility index (Phi) is 4.18. The summed E-state index contributed by atoms with van der Waals surface area (Å²) in [5, 5.41) is 2.89. The van der Waals surface area contributed by atoms with Crippen molar-refractivity contribution in [3.05, 3.63) is 59.4 Å². The van der Waals surface area contributed by atoms with Gasteiger partial charge >= 0.3 is 0 Å². The lowest BCUT2D eigenvalue weighted by atomic mass is 10.1. The highest BCUT2D eigenvalue weighted by molar-refractivity contribution is 5.92. The van der Waals surface area contributed by atoms with Gasteiger partial charge in [-0.25, -0.2) is 0 Å². The maximum atomic E-state index is 11.7. The summed E-state index contributed by atoms with van der Waals surface area (Å²) in [4.78, 5) is 14.5. The third-order valence-corrected chi connectivity index (χ3v) is 2.97. The summed E-state index contributed by atoms with van der Waals surface area (Å²) in [7, 11) is 0. The lowest BCUT2D eigenvalue weighted by molar-refractivity contribution is 0.0950. The number of rotatable bonds is 5. The van der Waals surface area contributed by atoms with Gasteiger partial charge in [0.25, 0.3) is 5.91 Å². The minimum atomic E-state index is -0.0508. The largest absolute Gasteiger partial charge is 0.357 e. The van der Waals surface area contributed by atoms with Gasteiger partial charge in [0, 0.05) is 12.7 Å². The average Bonchev–Trinajstić information content (AvgIpc) is 2.93. The van der Waals surface area contributed by atoms with Crippen molar-refractivity contribution in [2.75, 3.05) is 6.54 Å². The van der Waals surface area contributed by atoms with Crippen LogP contribution in [0.15, 0.2) is 42.6 Å². The molecule has 2 rings (SSSR count). The molecule has 0 atom stereocenters. The van der Waals surface area contributed by atoms with Crippen LogP contribution in [0, 0.1) is 0 Å². The van der Waals surface area contributed by atoms with Crippen molar-refractivity contribution in [2.24, 2.45) is 0 Å². The molecule has 1 amide bonds. The highest BCUT2D eigenvalue weighted by atomic mass is 16.1. The molecular formula is C15H18N2O. The van der Waals surface area contributed by atoms with Gasteiger partial charge in [-0.3, -0.25) is 4.79 Å². The van der Waals surface area contributed by atoms with Gasteiger partial charge in [-0.05, 0) is 36.1 Å². The van der Waals surface area contributed by atoms with Crippen molar-refractivity contribution in [2.45, 2.75) is 19.8 Å². The minimum Gasteiger partial charge on any atom is -0.357 e. The summed E-state index contributed by atoms with van der Waals surface area (Å²) in [5.74, 6) is -0.0508. The van der Waals surface area contributed by atoms with Crippen LogP contribution in [-0.4, -0.2) is 17.4 Å². The SMILES string of the molecule is CCc1ccc(CCNC(=O)c2ccc[nH]2)cc1. The molecule has 2 N–H and O–H groups in total. The number of hydrogen-bond donors (Lipinski definition) is 2. The van der Waals surface area contributed by atoms with E-state index in [0.29, 0.717) is 12.2 Å². The topological polar surface area (TPSA) is 44.9 Å². The van der Waals surface area contributed by atoms with Gasteiger partial charge in [0.2, 0.25) is 0 Å². The van der Waals surface area contributed by atoms with Crippen LogP contribution in [0.25, 0.3) is 0 Å². The van der Waals surface area contributed by atoms with E-state index in [9.17, 15) is 4.79 Å². The maximum absolute atomic E-state index is 11.7. The molecule has 3 heteroatoms. The minimum absolute atomic E-state index is 0.0508. The Morgan fingerprint density at radius 2 is 1.89 bits per heavy atom. The molecule has 18 heavy (non-hydrogen) atoms. The molecule has 0 spiro atoms. The van der Waals surface area contributed by atoms with Crippen LogP contribution >= 0.6 is 0 Å². The van der Waals surface area contributed by atoms with E-state index in [2.05, 4.69) is 41.5 Å². The van der Waals surface area contributed by atoms with Crippen LogP contribution in [0.2, 0.25) is 0 Å². The first-order valence-corrected chi connectivity index (χ1v) is 6.29. The van der Waals surface area contributed by atoms with Crippen molar-refractivity contribution in [3.8, 4) is 0 Å². The Hall–Kier alpha value is -2.03. The van der Waals surface area contributed by atoms with Crippen molar-refractivity contribution in [1.82, 2.24) is 10.3 Å². The highest BCUT2D eigenvalue weighted by Gasteiger charge is 2.04. The van der Waals surface area contributed by atoms with Gasteiger partial charge in [-0.15, -0.1) is 0 Å². The molecule has 0 saturated heterocycles. The van der Waals surface area contributed by atoms with E-state index >= 15 is 0 Å². The molecule has 1 aromatic carbocycles. The van der Waals surface area contributed by atoms with Gasteiger partial charge in [-0.1, -0.05) is 31.2 Å². The molecule has 0 radical (unpaired) electrons. The molecule has 1 aromatic heterocycles. The zero-order valence-electron chi connectivity index (χ0n) is 10.6. The maximum Gasteiger partial charge on any atom is 0.267 e. The molecular weight excluding hydrogens is 224 g/mol. The van der Waals surface area contributed by atoms with E-state index in [-0.39, 0.29) is 5.91 Å². The highest BCUT2D eigenvalue weighted by Crippen LogP contribution is 2.05. The number of nitrogens with one attached hydrogen (secondary N) is 2. The fraction of sp³-hybridized carbons (Fsp3) is 0.267. The number of aromatic nitrogens is 1. The van der Waals surface area contributed by atoms with Crippen molar-refractivity contribution in [1.29, 1.82) is 0 Å². The van der Waals surface area contributed by atoms with Crippen molar-refractivity contribution >= 4 is 5.91 Å². The van der Waals surface area contributed by atoms with Crippen LogP contribution in [0.4, 0.5) is 0 Å². The van der Waals surface area contributed by atoms with Gasteiger partial charge < -0.3 is 10.3 Å². The van der Waals surface area contributed by atoms with E-state index in [1.807, 2.05) is 6.07 Å². The molecule has 94 valence electrons. The van der Waals surface area contributed by atoms with Crippen LogP contribution < -0.4 is 5.32 Å². The van der Waals surface area contributed by atoms with Crippen molar-refractivity contribution in [3.63, 3.8) is 0 Å². The lowest BCUT2D eigenvalue weighted by Gasteiger charge is -2.05. The summed E-state index contributed by atoms with van der Waals surface area (Å²) in [5.41, 5.74) is 3.20. The zero-order chi connectivity index (χ0) is 12.8. The summed E-state index contributed by atoms with van der Waals surface area (Å²) >= 11 is 0. The van der Waals surface area contributed by atoms with E-state index in [4.69, 9.17) is 0 Å². The summed E-state index contributed by atoms with van der Waals surface area (Å²) < 4.78 is 0. The molecule has 0 aliphatic carbocycles. The molecule has 2 aromatic rings. The molecule has 0 aliphatic heterocycles. The smallest absolute Gasteiger partial charge is 0.267 e. The monoisotopic (exact) mass is 242 g/mol. The number of carbonyl (C=O) groups is 1. The summed E-state index contributed by atoms with van der Waals surface area (Å²) in [6.07, 6.45) is 3.67. The number of aromatic amines is 1. The first-order valence-electron chi connectivity index (χ1n) is 6.29. The second kappa shape index (κ2) is 6.05. The normalized spacial score (nSPS) is 10.3. The van der Waals surface area contributed by atoms with Gasteiger partial charge in [0.05, 0.1) is 0 Å². The van der Waals surface area contributed by atoms with Crippen LogP contribution in [0.5, 0.6) is 0 Å². The third kappa shape index (κ3) is 3.23. The van der Waals surface area contributed by atoms with Crippen LogP contribution in [0.1, 0.15) is 28.5 Å². The molecule has 0 bridgehead atoms. The Morgan fingerprint density at radius 1 is 1.17 bits per heavy atom. The summed E-state index contributed by atoms with van der Waals surface area (Å²) in [6.45, 7) is 2.80. The molecule has 3 nitrogen and oxygen atoms in total. The molecule has 0 aliphatic rings. The third-order valence-electron chi connectivity index (χ3n) is 2.97. The Balaban J connectivity index is 1.79. The van der Waals surface area contributed by atoms with E-state index < -0.39 is 0 Å². The number of hydrogen-bond acceptors (Lipinski definition) is 1. The van der Waals surface area contributed by atoms with E-state index in [1.165, 1.54) is 11.1 Å². The Morgan fingerprint density at radius 3 is 2.50 bits per heavy atom. The summed E-state index contributed by atoms with van der Waals surface area (Å²) in [6, 6.07) is 12.1. The molecule has 0 fully saturated rings. The first kappa shape index (κ1) is 12.4. The Labute approximate surface area is 107 Å². The van der Waals surface area contributed by atoms with Crippen LogP contribution in [-0.2, 0) is 12.8 Å². The molecule has 1 heterocycles. The molecule has 0 saturated carbocycles. The average molecular weight is 242 g/mol. The van der Waals surface area contributed by atoms with Gasteiger partial charge in [-0.2, -0.15) is 0 Å². The zero-order valence-corrected chi connectivity index (χ0v) is 10.6. The van der Waals surface area contributed by atoms with Crippen molar-refractivity contribution < 1.29 is 4.79 Å². The fourth-order valence-corrected chi connectivity index (χ4v) is 1.83. The quantitative estimate of drug-likeness (QED) is 0.831. The fourth-order valence-electron chi connectivity index (χ4n) is 1.83. The number of benzene rings is 1. The number of aryl methyl sites for hydroxylation is 1. The molecule has 0 unspecified atom stereocenters. The first-order chi connectivity index (χ1) is 8.79. The predicted octanol–water partition coefficient (Wildman–Crippen LogP) is 2.55. The van der Waals surface area contributed by atoms with Gasteiger partial charge in [0.1, 0.15) is 5.69 Å². The Bertz CT molecular complexity index is 486. The number of carbonyl (C=O) groups excluding carboxylic acids is 1. The van der Waals surface area contributed by atoms with E-state index in [0.717, 1.165) is 12.8 Å². The number of H-pyrrole nitrogens is 1. The van der Waals surface area contributed by atoms with E-state index in [1.54, 1.807) is 12.3 Å². The predicted molar refractivity (Wildman–Crippen MR) is 72.6 cm³/mol. The second-order valence-electron chi connectivity index (χ2n) is 4.26. The van der Waals surface area contributed by atoms with Gasteiger partial charge in [0.15, 0.2) is 0 Å².